The lowest BCUT2D eigenvalue weighted by Gasteiger charge is -2.35. The van der Waals surface area contributed by atoms with Crippen molar-refractivity contribution in [2.45, 2.75) is 44.8 Å². The number of nitrogens with zero attached hydrogens (tertiary/aromatic N) is 3. The highest BCUT2D eigenvalue weighted by Crippen LogP contribution is 2.17. The van der Waals surface area contributed by atoms with Gasteiger partial charge in [-0.3, -0.25) is 9.89 Å². The topological polar surface area (TPSA) is 49.3 Å². The van der Waals surface area contributed by atoms with Crippen LogP contribution in [-0.2, 0) is 9.47 Å². The lowest BCUT2D eigenvalue weighted by atomic mass is 10.1. The van der Waals surface area contributed by atoms with Gasteiger partial charge < -0.3 is 19.7 Å². The molecule has 0 saturated carbocycles. The third-order valence-electron chi connectivity index (χ3n) is 4.93. The molecule has 0 radical (unpaired) electrons. The van der Waals surface area contributed by atoms with Gasteiger partial charge in [0.15, 0.2) is 5.96 Å². The van der Waals surface area contributed by atoms with E-state index >= 15 is 0 Å². The number of piperidine rings is 1. The number of likely N-dealkylation sites (tertiary alicyclic amines) is 2. The zero-order chi connectivity index (χ0) is 16.5. The van der Waals surface area contributed by atoms with Crippen molar-refractivity contribution >= 4 is 5.96 Å². The molecular formula is C17H34N4O2. The molecule has 134 valence electrons. The number of nitrogens with one attached hydrogen (secondary N) is 1. The number of methoxy groups -OCH3 is 1. The summed E-state index contributed by atoms with van der Waals surface area (Å²) in [5.41, 5.74) is 0. The summed E-state index contributed by atoms with van der Waals surface area (Å²) in [4.78, 5) is 9.38. The van der Waals surface area contributed by atoms with Gasteiger partial charge >= 0.3 is 0 Å². The number of aliphatic imine (C=N–C) groups is 1. The molecule has 0 spiro atoms. The van der Waals surface area contributed by atoms with Crippen LogP contribution in [0.4, 0.5) is 0 Å². The summed E-state index contributed by atoms with van der Waals surface area (Å²) >= 11 is 0. The van der Waals surface area contributed by atoms with Crippen molar-refractivity contribution in [1.29, 1.82) is 0 Å². The van der Waals surface area contributed by atoms with E-state index in [1.807, 2.05) is 7.05 Å². The van der Waals surface area contributed by atoms with Crippen molar-refractivity contribution in [2.24, 2.45) is 4.99 Å². The second-order valence-corrected chi connectivity index (χ2v) is 6.39. The second kappa shape index (κ2) is 10.1. The predicted octanol–water partition coefficient (Wildman–Crippen LogP) is 1.17. The quantitative estimate of drug-likeness (QED) is 0.562. The first-order valence-corrected chi connectivity index (χ1v) is 9.08. The largest absolute Gasteiger partial charge is 0.383 e. The molecule has 2 rings (SSSR count). The summed E-state index contributed by atoms with van der Waals surface area (Å²) in [5.74, 6) is 1.04. The van der Waals surface area contributed by atoms with Gasteiger partial charge in [0, 0.05) is 53.0 Å². The molecule has 0 aliphatic carbocycles. The van der Waals surface area contributed by atoms with E-state index < -0.39 is 0 Å². The molecule has 2 aliphatic rings. The molecule has 1 unspecified atom stereocenters. The number of hydrogen-bond donors (Lipinski definition) is 1. The molecule has 6 heteroatoms. The molecule has 0 aromatic rings. The smallest absolute Gasteiger partial charge is 0.193 e. The van der Waals surface area contributed by atoms with Gasteiger partial charge in [-0.25, -0.2) is 0 Å². The normalized spacial score (nSPS) is 24.4. The van der Waals surface area contributed by atoms with Gasteiger partial charge in [-0.1, -0.05) is 0 Å². The van der Waals surface area contributed by atoms with Crippen LogP contribution in [0.5, 0.6) is 0 Å². The molecule has 0 bridgehead atoms. The summed E-state index contributed by atoms with van der Waals surface area (Å²) in [6, 6.07) is 0.600. The molecule has 0 aromatic heterocycles. The van der Waals surface area contributed by atoms with E-state index in [1.54, 1.807) is 7.11 Å². The molecule has 0 aromatic carbocycles. The monoisotopic (exact) mass is 326 g/mol. The van der Waals surface area contributed by atoms with E-state index in [0.29, 0.717) is 12.1 Å². The predicted molar refractivity (Wildman–Crippen MR) is 94.1 cm³/mol. The molecule has 23 heavy (non-hydrogen) atoms. The number of ether oxygens (including phenoxy) is 2. The molecule has 2 fully saturated rings. The maximum Gasteiger partial charge on any atom is 0.193 e. The van der Waals surface area contributed by atoms with E-state index in [9.17, 15) is 0 Å². The number of rotatable bonds is 7. The Bertz CT molecular complexity index is 357. The van der Waals surface area contributed by atoms with Gasteiger partial charge in [0.2, 0.25) is 0 Å². The first-order valence-electron chi connectivity index (χ1n) is 9.08. The summed E-state index contributed by atoms with van der Waals surface area (Å²) in [5, 5.41) is 3.59. The van der Waals surface area contributed by atoms with Crippen LogP contribution >= 0.6 is 0 Å². The summed E-state index contributed by atoms with van der Waals surface area (Å²) in [7, 11) is 3.66. The Hall–Kier alpha value is -0.850. The van der Waals surface area contributed by atoms with Gasteiger partial charge in [0.05, 0.1) is 12.7 Å². The minimum atomic E-state index is 0.425. The zero-order valence-corrected chi connectivity index (χ0v) is 15.1. The van der Waals surface area contributed by atoms with E-state index in [2.05, 4.69) is 27.0 Å². The molecule has 1 atom stereocenters. The maximum atomic E-state index is 5.73. The van der Waals surface area contributed by atoms with Crippen molar-refractivity contribution in [3.8, 4) is 0 Å². The molecular weight excluding hydrogens is 292 g/mol. The molecule has 0 amide bonds. The Morgan fingerprint density at radius 3 is 2.65 bits per heavy atom. The Kier molecular flexibility index (Phi) is 8.12. The lowest BCUT2D eigenvalue weighted by Crippen LogP contribution is -2.50. The van der Waals surface area contributed by atoms with Gasteiger partial charge in [-0.15, -0.1) is 0 Å². The maximum absolute atomic E-state index is 5.73. The van der Waals surface area contributed by atoms with Crippen LogP contribution in [0, 0.1) is 0 Å². The van der Waals surface area contributed by atoms with Crippen LogP contribution < -0.4 is 5.32 Å². The molecule has 6 nitrogen and oxygen atoms in total. The average molecular weight is 326 g/mol. The van der Waals surface area contributed by atoms with Gasteiger partial charge in [0.25, 0.3) is 0 Å². The third-order valence-corrected chi connectivity index (χ3v) is 4.93. The van der Waals surface area contributed by atoms with Crippen molar-refractivity contribution < 1.29 is 9.47 Å². The highest BCUT2D eigenvalue weighted by Gasteiger charge is 2.26. The van der Waals surface area contributed by atoms with Gasteiger partial charge in [0.1, 0.15) is 0 Å². The molecule has 1 N–H and O–H groups in total. The van der Waals surface area contributed by atoms with Crippen molar-refractivity contribution in [1.82, 2.24) is 15.1 Å². The first-order chi connectivity index (χ1) is 11.3. The third kappa shape index (κ3) is 5.62. The van der Waals surface area contributed by atoms with Crippen molar-refractivity contribution in [3.63, 3.8) is 0 Å². The first kappa shape index (κ1) is 18.5. The fourth-order valence-electron chi connectivity index (χ4n) is 3.64. The summed E-state index contributed by atoms with van der Waals surface area (Å²) in [6.45, 7) is 8.96. The minimum Gasteiger partial charge on any atom is -0.383 e. The lowest BCUT2D eigenvalue weighted by molar-refractivity contribution is 0.0263. The van der Waals surface area contributed by atoms with E-state index in [0.717, 1.165) is 58.2 Å². The standard InChI is InChI=1S/C17H34N4O2/c1-4-23-16-7-10-21(11-8-16)17(18-2)19-14-15-6-5-9-20(15)12-13-22-3/h15-16H,4-14H2,1-3H3,(H,18,19). The number of hydrogen-bond acceptors (Lipinski definition) is 4. The second-order valence-electron chi connectivity index (χ2n) is 6.39. The Morgan fingerprint density at radius 2 is 2.00 bits per heavy atom. The zero-order valence-electron chi connectivity index (χ0n) is 15.1. The molecule has 2 saturated heterocycles. The fraction of sp³-hybridized carbons (Fsp3) is 0.941. The Balaban J connectivity index is 1.75. The summed E-state index contributed by atoms with van der Waals surface area (Å²) in [6.07, 6.45) is 5.17. The van der Waals surface area contributed by atoms with Gasteiger partial charge in [-0.05, 0) is 39.2 Å². The summed E-state index contributed by atoms with van der Waals surface area (Å²) < 4.78 is 10.9. The molecule has 2 heterocycles. The SMILES string of the molecule is CCOC1CCN(C(=NC)NCC2CCCN2CCOC)CC1. The van der Waals surface area contributed by atoms with Crippen LogP contribution in [0.15, 0.2) is 4.99 Å². The van der Waals surface area contributed by atoms with Crippen molar-refractivity contribution in [2.75, 3.05) is 60.1 Å². The fourth-order valence-corrected chi connectivity index (χ4v) is 3.64. The number of guanidine groups is 1. The van der Waals surface area contributed by atoms with Crippen LogP contribution in [-0.4, -0.2) is 88.0 Å². The van der Waals surface area contributed by atoms with E-state index in [4.69, 9.17) is 9.47 Å². The van der Waals surface area contributed by atoms with Crippen LogP contribution in [0.3, 0.4) is 0 Å². The Morgan fingerprint density at radius 1 is 1.22 bits per heavy atom. The van der Waals surface area contributed by atoms with E-state index in [-0.39, 0.29) is 0 Å². The highest BCUT2D eigenvalue weighted by atomic mass is 16.5. The van der Waals surface area contributed by atoms with E-state index in [1.165, 1.54) is 19.4 Å². The minimum absolute atomic E-state index is 0.425. The molecule has 2 aliphatic heterocycles. The average Bonchev–Trinajstić information content (AvgIpc) is 3.02. The highest BCUT2D eigenvalue weighted by molar-refractivity contribution is 5.80. The Labute approximate surface area is 141 Å². The van der Waals surface area contributed by atoms with Gasteiger partial charge in [-0.2, -0.15) is 0 Å². The van der Waals surface area contributed by atoms with Crippen LogP contribution in [0.2, 0.25) is 0 Å². The van der Waals surface area contributed by atoms with Crippen LogP contribution in [0.1, 0.15) is 32.6 Å². The van der Waals surface area contributed by atoms with Crippen LogP contribution in [0.25, 0.3) is 0 Å². The van der Waals surface area contributed by atoms with Crippen molar-refractivity contribution in [3.05, 3.63) is 0 Å².